The first-order chi connectivity index (χ1) is 9.83. The molecule has 1 unspecified atom stereocenters. The van der Waals surface area contributed by atoms with Crippen molar-refractivity contribution < 1.29 is 9.53 Å². The lowest BCUT2D eigenvalue weighted by molar-refractivity contribution is 0.0855. The van der Waals surface area contributed by atoms with E-state index in [0.717, 1.165) is 31.6 Å². The van der Waals surface area contributed by atoms with Crippen LogP contribution in [-0.2, 0) is 4.74 Å². The molecule has 2 heterocycles. The Bertz CT molecular complexity index is 571. The maximum Gasteiger partial charge on any atom is 0.183 e. The van der Waals surface area contributed by atoms with Crippen LogP contribution < -0.4 is 0 Å². The van der Waals surface area contributed by atoms with Gasteiger partial charge in [-0.1, -0.05) is 18.2 Å². The van der Waals surface area contributed by atoms with E-state index < -0.39 is 0 Å². The lowest BCUT2D eigenvalue weighted by atomic mass is 10.1. The second-order valence-electron chi connectivity index (χ2n) is 5.08. The third kappa shape index (κ3) is 2.96. The Morgan fingerprint density at radius 2 is 2.15 bits per heavy atom. The third-order valence-electron chi connectivity index (χ3n) is 3.61. The van der Waals surface area contributed by atoms with Crippen molar-refractivity contribution in [2.45, 2.75) is 31.8 Å². The van der Waals surface area contributed by atoms with Gasteiger partial charge in [-0.05, 0) is 37.5 Å². The zero-order valence-electron chi connectivity index (χ0n) is 11.4. The van der Waals surface area contributed by atoms with Gasteiger partial charge >= 0.3 is 0 Å². The number of nitrogens with zero attached hydrogens (tertiary/aromatic N) is 2. The van der Waals surface area contributed by atoms with Crippen molar-refractivity contribution in [2.75, 3.05) is 6.61 Å². The zero-order chi connectivity index (χ0) is 13.8. The number of ketones is 1. The predicted octanol–water partition coefficient (Wildman–Crippen LogP) is 3.01. The van der Waals surface area contributed by atoms with E-state index in [9.17, 15) is 4.79 Å². The highest BCUT2D eigenvalue weighted by molar-refractivity contribution is 5.94. The lowest BCUT2D eigenvalue weighted by Gasteiger charge is -2.06. The van der Waals surface area contributed by atoms with Crippen molar-refractivity contribution in [3.05, 3.63) is 48.3 Å². The van der Waals surface area contributed by atoms with Crippen LogP contribution in [0.3, 0.4) is 0 Å². The average molecular weight is 270 g/mol. The summed E-state index contributed by atoms with van der Waals surface area (Å²) in [5.74, 6) is 0.0928. The van der Waals surface area contributed by atoms with E-state index >= 15 is 0 Å². The molecule has 0 amide bonds. The molecule has 0 N–H and O–H groups in total. The van der Waals surface area contributed by atoms with Gasteiger partial charge < -0.3 is 4.74 Å². The standard InChI is InChI=1S/C16H18N2O2/c19-16(9-8-14-7-4-12-20-14)15-10-11-18(17-15)13-5-2-1-3-6-13/h1-3,5-6,10-11,14H,4,7-9,12H2. The van der Waals surface area contributed by atoms with E-state index in [1.54, 1.807) is 10.7 Å². The van der Waals surface area contributed by atoms with Gasteiger partial charge in [-0.3, -0.25) is 4.79 Å². The van der Waals surface area contributed by atoms with Gasteiger partial charge in [0.25, 0.3) is 0 Å². The maximum absolute atomic E-state index is 12.1. The predicted molar refractivity (Wildman–Crippen MR) is 76.1 cm³/mol. The van der Waals surface area contributed by atoms with Crippen LogP contribution in [0.5, 0.6) is 0 Å². The monoisotopic (exact) mass is 270 g/mol. The molecule has 1 fully saturated rings. The van der Waals surface area contributed by atoms with Crippen molar-refractivity contribution >= 4 is 5.78 Å². The number of Topliss-reactive ketones (excluding diaryl/α,β-unsaturated/α-hetero) is 1. The van der Waals surface area contributed by atoms with Crippen molar-refractivity contribution in [3.8, 4) is 5.69 Å². The van der Waals surface area contributed by atoms with Crippen LogP contribution in [-0.4, -0.2) is 28.3 Å². The molecule has 0 bridgehead atoms. The number of aromatic nitrogens is 2. The summed E-state index contributed by atoms with van der Waals surface area (Å²) in [5.41, 5.74) is 1.50. The Morgan fingerprint density at radius 3 is 2.90 bits per heavy atom. The fourth-order valence-corrected chi connectivity index (χ4v) is 2.49. The second-order valence-corrected chi connectivity index (χ2v) is 5.08. The van der Waals surface area contributed by atoms with Gasteiger partial charge in [0.2, 0.25) is 0 Å². The van der Waals surface area contributed by atoms with Crippen LogP contribution >= 0.6 is 0 Å². The minimum absolute atomic E-state index is 0.0928. The minimum Gasteiger partial charge on any atom is -0.378 e. The Balaban J connectivity index is 1.62. The summed E-state index contributed by atoms with van der Waals surface area (Å²) in [6.45, 7) is 0.835. The van der Waals surface area contributed by atoms with Gasteiger partial charge in [0.15, 0.2) is 5.78 Å². The number of hydrogen-bond acceptors (Lipinski definition) is 3. The van der Waals surface area contributed by atoms with Gasteiger partial charge in [-0.15, -0.1) is 0 Å². The molecular formula is C16H18N2O2. The molecule has 0 saturated carbocycles. The molecule has 3 rings (SSSR count). The number of benzene rings is 1. The van der Waals surface area contributed by atoms with Crippen LogP contribution in [0.25, 0.3) is 5.69 Å². The van der Waals surface area contributed by atoms with E-state index in [1.165, 1.54) is 0 Å². The van der Waals surface area contributed by atoms with Crippen molar-refractivity contribution in [2.24, 2.45) is 0 Å². The van der Waals surface area contributed by atoms with Crippen LogP contribution in [0.15, 0.2) is 42.6 Å². The topological polar surface area (TPSA) is 44.1 Å². The Hall–Kier alpha value is -1.94. The Kier molecular flexibility index (Phi) is 3.92. The van der Waals surface area contributed by atoms with E-state index in [2.05, 4.69) is 5.10 Å². The normalized spacial score (nSPS) is 18.3. The highest BCUT2D eigenvalue weighted by Gasteiger charge is 2.18. The highest BCUT2D eigenvalue weighted by atomic mass is 16.5. The maximum atomic E-state index is 12.1. The van der Waals surface area contributed by atoms with E-state index in [4.69, 9.17) is 4.74 Å². The molecule has 1 saturated heterocycles. The number of rotatable bonds is 5. The molecule has 0 aliphatic carbocycles. The summed E-state index contributed by atoms with van der Waals surface area (Å²) >= 11 is 0. The first-order valence-corrected chi connectivity index (χ1v) is 7.09. The fraction of sp³-hybridized carbons (Fsp3) is 0.375. The third-order valence-corrected chi connectivity index (χ3v) is 3.61. The average Bonchev–Trinajstić information content (AvgIpc) is 3.17. The summed E-state index contributed by atoms with van der Waals surface area (Å²) in [6, 6.07) is 11.6. The Labute approximate surface area is 118 Å². The van der Waals surface area contributed by atoms with Crippen LogP contribution in [0.2, 0.25) is 0 Å². The molecule has 4 heteroatoms. The molecule has 1 aliphatic rings. The zero-order valence-corrected chi connectivity index (χ0v) is 11.4. The Morgan fingerprint density at radius 1 is 1.30 bits per heavy atom. The molecule has 4 nitrogen and oxygen atoms in total. The van der Waals surface area contributed by atoms with E-state index in [1.807, 2.05) is 36.5 Å². The van der Waals surface area contributed by atoms with Crippen molar-refractivity contribution in [1.29, 1.82) is 0 Å². The molecule has 104 valence electrons. The smallest absolute Gasteiger partial charge is 0.183 e. The lowest BCUT2D eigenvalue weighted by Crippen LogP contribution is -2.09. The van der Waals surface area contributed by atoms with Crippen molar-refractivity contribution in [3.63, 3.8) is 0 Å². The largest absolute Gasteiger partial charge is 0.378 e. The van der Waals surface area contributed by atoms with Crippen LogP contribution in [0, 0.1) is 0 Å². The summed E-state index contributed by atoms with van der Waals surface area (Å²) in [5, 5.41) is 4.35. The summed E-state index contributed by atoms with van der Waals surface area (Å²) in [4.78, 5) is 12.1. The van der Waals surface area contributed by atoms with Crippen molar-refractivity contribution in [1.82, 2.24) is 9.78 Å². The first kappa shape index (κ1) is 13.1. The molecule has 2 aromatic rings. The van der Waals surface area contributed by atoms with Gasteiger partial charge in [-0.25, -0.2) is 4.68 Å². The number of ether oxygens (including phenoxy) is 1. The van der Waals surface area contributed by atoms with Gasteiger partial charge in [0.1, 0.15) is 5.69 Å². The SMILES string of the molecule is O=C(CCC1CCCO1)c1ccn(-c2ccccc2)n1. The summed E-state index contributed by atoms with van der Waals surface area (Å²) in [6.07, 6.45) is 5.59. The molecule has 20 heavy (non-hydrogen) atoms. The molecule has 0 spiro atoms. The molecule has 1 aromatic heterocycles. The first-order valence-electron chi connectivity index (χ1n) is 7.09. The van der Waals surface area contributed by atoms with E-state index in [-0.39, 0.29) is 11.9 Å². The number of para-hydroxylation sites is 1. The molecule has 1 aromatic carbocycles. The molecule has 0 radical (unpaired) electrons. The summed E-state index contributed by atoms with van der Waals surface area (Å²) < 4.78 is 7.27. The molecule has 1 atom stereocenters. The van der Waals surface area contributed by atoms with Gasteiger partial charge in [0.05, 0.1) is 11.8 Å². The molecule has 1 aliphatic heterocycles. The quantitative estimate of drug-likeness (QED) is 0.784. The van der Waals surface area contributed by atoms with Gasteiger partial charge in [0, 0.05) is 19.2 Å². The van der Waals surface area contributed by atoms with Gasteiger partial charge in [-0.2, -0.15) is 5.10 Å². The van der Waals surface area contributed by atoms with E-state index in [0.29, 0.717) is 12.1 Å². The highest BCUT2D eigenvalue weighted by Crippen LogP contribution is 2.18. The number of carbonyl (C=O) groups excluding carboxylic acids is 1. The second kappa shape index (κ2) is 6.01. The number of carbonyl (C=O) groups is 1. The fourth-order valence-electron chi connectivity index (χ4n) is 2.49. The van der Waals surface area contributed by atoms with Crippen LogP contribution in [0.4, 0.5) is 0 Å². The number of hydrogen-bond donors (Lipinski definition) is 0. The van der Waals surface area contributed by atoms with Crippen LogP contribution in [0.1, 0.15) is 36.2 Å². The molecular weight excluding hydrogens is 252 g/mol. The minimum atomic E-state index is 0.0928. The summed E-state index contributed by atoms with van der Waals surface area (Å²) in [7, 11) is 0.